The lowest BCUT2D eigenvalue weighted by molar-refractivity contribution is -0.194. The second-order valence-electron chi connectivity index (χ2n) is 6.01. The van der Waals surface area contributed by atoms with Gasteiger partial charge in [-0.3, -0.25) is 4.94 Å². The Balaban J connectivity index is 2.40. The largest absolute Gasteiger partial charge is 0.381 e. The molecule has 0 saturated carbocycles. The van der Waals surface area contributed by atoms with Crippen molar-refractivity contribution in [1.29, 1.82) is 0 Å². The summed E-state index contributed by atoms with van der Waals surface area (Å²) in [6.07, 6.45) is -1.73. The Labute approximate surface area is 149 Å². The fraction of sp³-hybridized carbons (Fsp3) is 0.150. The van der Waals surface area contributed by atoms with Crippen LogP contribution in [-0.4, -0.2) is 11.1 Å². The van der Waals surface area contributed by atoms with E-state index in [9.17, 15) is 14.4 Å². The van der Waals surface area contributed by atoms with Gasteiger partial charge in [-0.1, -0.05) is 53.6 Å². The highest BCUT2D eigenvalue weighted by molar-refractivity contribution is 6.31. The summed E-state index contributed by atoms with van der Waals surface area (Å²) in [4.78, 5) is 14.9. The highest BCUT2D eigenvalue weighted by Gasteiger charge is 2.27. The molecule has 0 bridgehead atoms. The maximum atomic E-state index is 12.4. The summed E-state index contributed by atoms with van der Waals surface area (Å²) in [5.74, 6) is -1.35. The maximum absolute atomic E-state index is 12.4. The van der Waals surface area contributed by atoms with Gasteiger partial charge < -0.3 is 5.11 Å². The number of aryl methyl sites for hydroxylation is 2. The quantitative estimate of drug-likeness (QED) is 0.696. The topological polar surface area (TPSA) is 46.5 Å². The van der Waals surface area contributed by atoms with E-state index in [1.54, 1.807) is 19.1 Å². The lowest BCUT2D eigenvalue weighted by atomic mass is 9.87. The summed E-state index contributed by atoms with van der Waals surface area (Å²) in [5, 5.41) is 12.5. The molecule has 1 N–H and O–H groups in total. The van der Waals surface area contributed by atoms with Crippen molar-refractivity contribution in [2.45, 2.75) is 20.0 Å². The third-order valence-corrected chi connectivity index (χ3v) is 4.50. The third kappa shape index (κ3) is 3.23. The number of hydrogen-bond donors (Lipinski definition) is 1. The lowest BCUT2D eigenvalue weighted by Gasteiger charge is -2.19. The van der Waals surface area contributed by atoms with Crippen LogP contribution in [0, 0.1) is 13.8 Å². The fourth-order valence-corrected chi connectivity index (χ4v) is 3.24. The van der Waals surface area contributed by atoms with Crippen molar-refractivity contribution in [3.8, 4) is 11.1 Å². The molecule has 3 aromatic carbocycles. The van der Waals surface area contributed by atoms with Crippen LogP contribution in [0.1, 0.15) is 22.8 Å². The summed E-state index contributed by atoms with van der Waals surface area (Å²) >= 11 is 6.15. The lowest BCUT2D eigenvalue weighted by Crippen LogP contribution is -2.15. The van der Waals surface area contributed by atoms with Gasteiger partial charge in [-0.2, -0.15) is 0 Å². The van der Waals surface area contributed by atoms with Crippen LogP contribution in [0.4, 0.5) is 4.53 Å². The van der Waals surface area contributed by atoms with Gasteiger partial charge in [-0.25, -0.2) is 4.79 Å². The molecule has 0 saturated heterocycles. The summed E-state index contributed by atoms with van der Waals surface area (Å²) in [7, 11) is 0. The molecule has 1 unspecified atom stereocenters. The fourth-order valence-electron chi connectivity index (χ4n) is 3.07. The summed E-state index contributed by atoms with van der Waals surface area (Å²) in [5.41, 5.74) is 3.46. The van der Waals surface area contributed by atoms with Gasteiger partial charge in [-0.15, -0.1) is 0 Å². The molecule has 3 nitrogen and oxygen atoms in total. The first-order valence-electron chi connectivity index (χ1n) is 7.72. The van der Waals surface area contributed by atoms with Crippen molar-refractivity contribution in [2.24, 2.45) is 0 Å². The first-order chi connectivity index (χ1) is 11.9. The summed E-state index contributed by atoms with van der Waals surface area (Å²) in [6.45, 7) is 3.72. The molecule has 3 rings (SSSR count). The monoisotopic (exact) mass is 358 g/mol. The Morgan fingerprint density at radius 1 is 1.12 bits per heavy atom. The van der Waals surface area contributed by atoms with Crippen molar-refractivity contribution in [1.82, 2.24) is 0 Å². The zero-order valence-corrected chi connectivity index (χ0v) is 14.5. The van der Waals surface area contributed by atoms with E-state index < -0.39 is 12.1 Å². The molecule has 0 heterocycles. The van der Waals surface area contributed by atoms with Crippen LogP contribution in [-0.2, 0) is 9.74 Å². The zero-order valence-electron chi connectivity index (χ0n) is 13.7. The second kappa shape index (κ2) is 6.82. The number of halogens is 2. The first-order valence-corrected chi connectivity index (χ1v) is 8.10. The number of benzene rings is 3. The molecule has 0 aromatic heterocycles. The molecule has 0 fully saturated rings. The zero-order chi connectivity index (χ0) is 18.1. The number of aliphatic hydroxyl groups is 1. The van der Waals surface area contributed by atoms with Crippen LogP contribution in [0.25, 0.3) is 21.9 Å². The van der Waals surface area contributed by atoms with E-state index in [4.69, 9.17) is 11.6 Å². The van der Waals surface area contributed by atoms with Crippen molar-refractivity contribution in [2.75, 3.05) is 0 Å². The SMILES string of the molecule is Cc1ccc(-c2c(C(O)C(=O)OF)c(C)cc3ccc(Cl)cc23)cc1. The van der Waals surface area contributed by atoms with Crippen LogP contribution in [0.2, 0.25) is 5.02 Å². The Morgan fingerprint density at radius 3 is 2.44 bits per heavy atom. The van der Waals surface area contributed by atoms with E-state index in [0.717, 1.165) is 21.9 Å². The molecule has 25 heavy (non-hydrogen) atoms. The number of fused-ring (bicyclic) bond motifs is 1. The van der Waals surface area contributed by atoms with E-state index in [0.29, 0.717) is 21.7 Å². The van der Waals surface area contributed by atoms with Crippen LogP contribution < -0.4 is 0 Å². The minimum atomic E-state index is -1.73. The van der Waals surface area contributed by atoms with E-state index in [-0.39, 0.29) is 0 Å². The molecule has 0 spiro atoms. The normalized spacial score (nSPS) is 12.2. The van der Waals surface area contributed by atoms with Gasteiger partial charge in [0.1, 0.15) is 0 Å². The highest BCUT2D eigenvalue weighted by atomic mass is 35.5. The molecule has 128 valence electrons. The van der Waals surface area contributed by atoms with Gasteiger partial charge in [0.25, 0.3) is 0 Å². The first kappa shape index (κ1) is 17.4. The molecule has 5 heteroatoms. The van der Waals surface area contributed by atoms with Crippen LogP contribution in [0.5, 0.6) is 0 Å². The maximum Gasteiger partial charge on any atom is 0.381 e. The molecular formula is C20H16ClFO3. The molecular weight excluding hydrogens is 343 g/mol. The average molecular weight is 359 g/mol. The molecule has 0 aliphatic rings. The number of rotatable bonds is 3. The van der Waals surface area contributed by atoms with Gasteiger partial charge in [0, 0.05) is 15.1 Å². The van der Waals surface area contributed by atoms with Gasteiger partial charge in [0.05, 0.1) is 0 Å². The summed E-state index contributed by atoms with van der Waals surface area (Å²) in [6, 6.07) is 14.9. The Kier molecular flexibility index (Phi) is 4.75. The molecule has 3 aromatic rings. The van der Waals surface area contributed by atoms with Gasteiger partial charge >= 0.3 is 5.97 Å². The van der Waals surface area contributed by atoms with Crippen molar-refractivity contribution in [3.63, 3.8) is 0 Å². The summed E-state index contributed by atoms with van der Waals surface area (Å²) < 4.78 is 12.4. The Bertz CT molecular complexity index is 951. The molecule has 0 radical (unpaired) electrons. The van der Waals surface area contributed by atoms with Crippen LogP contribution in [0.3, 0.4) is 0 Å². The number of hydrogen-bond acceptors (Lipinski definition) is 3. The van der Waals surface area contributed by atoms with Crippen molar-refractivity contribution >= 4 is 28.3 Å². The Hall–Kier alpha value is -2.43. The van der Waals surface area contributed by atoms with Gasteiger partial charge in [0.2, 0.25) is 0 Å². The minimum Gasteiger partial charge on any atom is -0.377 e. The standard InChI is InChI=1S/C20H16ClFO3/c1-11-3-5-13(6-4-11)18-16-10-15(21)8-7-14(16)9-12(2)17(18)19(23)20(24)25-22/h3-10,19,23H,1-2H3. The molecule has 0 aliphatic carbocycles. The second-order valence-corrected chi connectivity index (χ2v) is 6.45. The minimum absolute atomic E-state index is 0.307. The Morgan fingerprint density at radius 2 is 1.80 bits per heavy atom. The smallest absolute Gasteiger partial charge is 0.377 e. The van der Waals surface area contributed by atoms with Crippen molar-refractivity contribution in [3.05, 3.63) is 70.2 Å². The highest BCUT2D eigenvalue weighted by Crippen LogP contribution is 2.39. The van der Waals surface area contributed by atoms with E-state index in [2.05, 4.69) is 4.94 Å². The number of carbonyl (C=O) groups excluding carboxylic acids is 1. The van der Waals surface area contributed by atoms with Crippen molar-refractivity contribution < 1.29 is 19.4 Å². The number of aliphatic hydroxyl groups excluding tert-OH is 1. The van der Waals surface area contributed by atoms with Crippen LogP contribution in [0.15, 0.2) is 48.5 Å². The molecule has 1 atom stereocenters. The third-order valence-electron chi connectivity index (χ3n) is 4.26. The van der Waals surface area contributed by atoms with Crippen LogP contribution >= 0.6 is 11.6 Å². The van der Waals surface area contributed by atoms with E-state index in [1.165, 1.54) is 0 Å². The predicted octanol–water partition coefficient (Wildman–Crippen LogP) is 5.24. The number of carbonyl (C=O) groups is 1. The molecule has 0 amide bonds. The predicted molar refractivity (Wildman–Crippen MR) is 96.0 cm³/mol. The van der Waals surface area contributed by atoms with E-state index >= 15 is 0 Å². The van der Waals surface area contributed by atoms with Gasteiger partial charge in [0.15, 0.2) is 6.10 Å². The van der Waals surface area contributed by atoms with Gasteiger partial charge in [-0.05, 0) is 53.4 Å². The van der Waals surface area contributed by atoms with E-state index in [1.807, 2.05) is 43.3 Å². The average Bonchev–Trinajstić information content (AvgIpc) is 2.60. The molecule has 0 aliphatic heterocycles.